The van der Waals surface area contributed by atoms with Gasteiger partial charge in [0.05, 0.1) is 20.9 Å². The number of aryl methyl sites for hydroxylation is 1. The standard InChI is InChI=1S/C20H20F3N7OS/c1-4-32(31,24-2)19-15(17-25-8-7-14(11-5-6-11)30(17)28-19)18-27-13-9-12(20(21,22)23)10-26-16(13)29(18)3/h7-11H,4-6H2,1-3H3. The van der Waals surface area contributed by atoms with Gasteiger partial charge in [-0.15, -0.1) is 0 Å². The molecule has 0 spiro atoms. The summed E-state index contributed by atoms with van der Waals surface area (Å²) in [6, 6.07) is 2.84. The highest BCUT2D eigenvalue weighted by molar-refractivity contribution is 7.93. The summed E-state index contributed by atoms with van der Waals surface area (Å²) >= 11 is 0. The lowest BCUT2D eigenvalue weighted by molar-refractivity contribution is -0.137. The topological polar surface area (TPSA) is 90.3 Å². The zero-order chi connectivity index (χ0) is 22.8. The lowest BCUT2D eigenvalue weighted by Crippen LogP contribution is -2.07. The zero-order valence-electron chi connectivity index (χ0n) is 17.6. The van der Waals surface area contributed by atoms with Crippen LogP contribution in [0.25, 0.3) is 28.2 Å². The largest absolute Gasteiger partial charge is 0.417 e. The van der Waals surface area contributed by atoms with Crippen LogP contribution in [-0.4, -0.2) is 46.1 Å². The van der Waals surface area contributed by atoms with Crippen molar-refractivity contribution in [3.63, 3.8) is 0 Å². The predicted octanol–water partition coefficient (Wildman–Crippen LogP) is 4.05. The number of alkyl halides is 3. The van der Waals surface area contributed by atoms with E-state index in [4.69, 9.17) is 0 Å². The van der Waals surface area contributed by atoms with Crippen LogP contribution in [0.4, 0.5) is 13.2 Å². The average molecular weight is 463 g/mol. The van der Waals surface area contributed by atoms with E-state index in [9.17, 15) is 17.4 Å². The summed E-state index contributed by atoms with van der Waals surface area (Å²) in [5.41, 5.74) is 1.27. The number of hydrogen-bond donors (Lipinski definition) is 0. The molecule has 1 fully saturated rings. The van der Waals surface area contributed by atoms with Gasteiger partial charge in [-0.3, -0.25) is 0 Å². The van der Waals surface area contributed by atoms with E-state index in [0.29, 0.717) is 23.0 Å². The first-order chi connectivity index (χ1) is 15.2. The van der Waals surface area contributed by atoms with Crippen molar-refractivity contribution in [3.05, 3.63) is 35.8 Å². The fourth-order valence-electron chi connectivity index (χ4n) is 3.86. The van der Waals surface area contributed by atoms with E-state index >= 15 is 0 Å². The van der Waals surface area contributed by atoms with Crippen molar-refractivity contribution in [1.29, 1.82) is 0 Å². The Morgan fingerprint density at radius 3 is 2.62 bits per heavy atom. The molecule has 8 nitrogen and oxygen atoms in total. The van der Waals surface area contributed by atoms with E-state index in [2.05, 4.69) is 24.4 Å². The monoisotopic (exact) mass is 463 g/mol. The van der Waals surface area contributed by atoms with Gasteiger partial charge < -0.3 is 4.57 Å². The molecule has 0 aromatic carbocycles. The Kier molecular flexibility index (Phi) is 4.56. The van der Waals surface area contributed by atoms with Gasteiger partial charge in [-0.1, -0.05) is 6.92 Å². The minimum absolute atomic E-state index is 0.0809. The third-order valence-corrected chi connectivity index (χ3v) is 8.02. The van der Waals surface area contributed by atoms with E-state index in [-0.39, 0.29) is 21.9 Å². The molecule has 32 heavy (non-hydrogen) atoms. The highest BCUT2D eigenvalue weighted by Crippen LogP contribution is 2.42. The first-order valence-electron chi connectivity index (χ1n) is 10.1. The summed E-state index contributed by atoms with van der Waals surface area (Å²) in [4.78, 5) is 12.9. The first kappa shape index (κ1) is 20.9. The van der Waals surface area contributed by atoms with E-state index in [0.717, 1.165) is 30.8 Å². The van der Waals surface area contributed by atoms with Gasteiger partial charge in [0.25, 0.3) is 0 Å². The fraction of sp³-hybridized carbons (Fsp3) is 0.400. The molecule has 4 aromatic heterocycles. The fourth-order valence-corrected chi connectivity index (χ4v) is 5.27. The molecule has 1 saturated carbocycles. The maximum Gasteiger partial charge on any atom is 0.417 e. The minimum Gasteiger partial charge on any atom is -0.312 e. The second kappa shape index (κ2) is 6.99. The number of halogens is 3. The Bertz CT molecular complexity index is 1490. The zero-order valence-corrected chi connectivity index (χ0v) is 18.4. The normalized spacial score (nSPS) is 16.6. The number of aromatic nitrogens is 6. The third kappa shape index (κ3) is 3.07. The lowest BCUT2D eigenvalue weighted by Gasteiger charge is -2.07. The smallest absolute Gasteiger partial charge is 0.312 e. The van der Waals surface area contributed by atoms with Gasteiger partial charge in [-0.2, -0.15) is 18.3 Å². The summed E-state index contributed by atoms with van der Waals surface area (Å²) in [6.07, 6.45) is -0.0299. The van der Waals surface area contributed by atoms with Crippen molar-refractivity contribution >= 4 is 26.5 Å². The van der Waals surface area contributed by atoms with Crippen molar-refractivity contribution < 1.29 is 17.4 Å². The molecule has 0 saturated heterocycles. The van der Waals surface area contributed by atoms with E-state index in [1.165, 1.54) is 7.05 Å². The number of hydrogen-bond acceptors (Lipinski definition) is 6. The quantitative estimate of drug-likeness (QED) is 0.455. The predicted molar refractivity (Wildman–Crippen MR) is 113 cm³/mol. The number of fused-ring (bicyclic) bond motifs is 2. The average Bonchev–Trinajstić information content (AvgIpc) is 3.47. The molecule has 1 aliphatic rings. The van der Waals surface area contributed by atoms with Crippen LogP contribution in [0.5, 0.6) is 0 Å². The van der Waals surface area contributed by atoms with Gasteiger partial charge in [0.15, 0.2) is 16.3 Å². The molecule has 0 bridgehead atoms. The van der Waals surface area contributed by atoms with Gasteiger partial charge in [-0.25, -0.2) is 28.0 Å². The van der Waals surface area contributed by atoms with E-state index in [1.807, 2.05) is 6.07 Å². The summed E-state index contributed by atoms with van der Waals surface area (Å²) < 4.78 is 60.6. The second-order valence-corrected chi connectivity index (χ2v) is 10.3. The molecule has 1 atom stereocenters. The van der Waals surface area contributed by atoms with Crippen LogP contribution in [0.2, 0.25) is 0 Å². The SMILES string of the molecule is CCS(=O)(=NC)c1nn2c(C3CC3)ccnc2c1-c1nc2cc(C(F)(F)F)cnc2n1C. The van der Waals surface area contributed by atoms with E-state index < -0.39 is 21.5 Å². The second-order valence-electron chi connectivity index (χ2n) is 7.73. The van der Waals surface area contributed by atoms with Crippen LogP contribution in [0.15, 0.2) is 33.9 Å². The maximum atomic E-state index is 13.6. The molecule has 0 amide bonds. The molecule has 5 rings (SSSR count). The molecule has 0 N–H and O–H groups in total. The van der Waals surface area contributed by atoms with Crippen molar-refractivity contribution in [2.45, 2.75) is 36.9 Å². The van der Waals surface area contributed by atoms with Crippen LogP contribution < -0.4 is 0 Å². The highest BCUT2D eigenvalue weighted by atomic mass is 32.2. The van der Waals surface area contributed by atoms with Crippen LogP contribution in [0, 0.1) is 0 Å². The van der Waals surface area contributed by atoms with Crippen LogP contribution in [0.3, 0.4) is 0 Å². The maximum absolute atomic E-state index is 13.6. The molecule has 168 valence electrons. The van der Waals surface area contributed by atoms with Crippen molar-refractivity contribution in [3.8, 4) is 11.4 Å². The van der Waals surface area contributed by atoms with Gasteiger partial charge in [-0.05, 0) is 25.0 Å². The molecule has 0 radical (unpaired) electrons. The van der Waals surface area contributed by atoms with Gasteiger partial charge >= 0.3 is 6.18 Å². The number of rotatable bonds is 4. The summed E-state index contributed by atoms with van der Waals surface area (Å²) in [5, 5.41) is 4.90. The molecular formula is C20H20F3N7OS. The Labute approximate surface area is 181 Å². The Hall–Kier alpha value is -3.02. The number of pyridine rings is 1. The highest BCUT2D eigenvalue weighted by Gasteiger charge is 2.34. The lowest BCUT2D eigenvalue weighted by atomic mass is 10.2. The van der Waals surface area contributed by atoms with Gasteiger partial charge in [0.2, 0.25) is 0 Å². The van der Waals surface area contributed by atoms with Crippen molar-refractivity contribution in [2.75, 3.05) is 12.8 Å². The third-order valence-electron chi connectivity index (χ3n) is 5.76. The Balaban J connectivity index is 1.86. The summed E-state index contributed by atoms with van der Waals surface area (Å²) in [7, 11) is 0.233. The van der Waals surface area contributed by atoms with E-state index in [1.54, 1.807) is 29.3 Å². The Morgan fingerprint density at radius 2 is 2.00 bits per heavy atom. The van der Waals surface area contributed by atoms with Gasteiger partial charge in [0.1, 0.15) is 11.3 Å². The molecular weight excluding hydrogens is 443 g/mol. The molecule has 4 heterocycles. The molecule has 12 heteroatoms. The molecule has 1 unspecified atom stereocenters. The van der Waals surface area contributed by atoms with Crippen LogP contribution >= 0.6 is 0 Å². The Morgan fingerprint density at radius 1 is 1.25 bits per heavy atom. The molecule has 1 aliphatic carbocycles. The van der Waals surface area contributed by atoms with Crippen molar-refractivity contribution in [2.24, 2.45) is 11.4 Å². The van der Waals surface area contributed by atoms with Crippen molar-refractivity contribution in [1.82, 2.24) is 29.1 Å². The van der Waals surface area contributed by atoms with Crippen LogP contribution in [0.1, 0.15) is 36.9 Å². The first-order valence-corrected chi connectivity index (χ1v) is 11.8. The molecule has 0 aliphatic heterocycles. The number of nitrogens with zero attached hydrogens (tertiary/aromatic N) is 7. The summed E-state index contributed by atoms with van der Waals surface area (Å²) in [5.74, 6) is 0.857. The van der Waals surface area contributed by atoms with Crippen LogP contribution in [-0.2, 0) is 23.0 Å². The minimum atomic E-state index is -4.53. The van der Waals surface area contributed by atoms with Gasteiger partial charge in [0, 0.05) is 43.9 Å². The molecule has 4 aromatic rings. The summed E-state index contributed by atoms with van der Waals surface area (Å²) in [6.45, 7) is 1.75. The number of imidazole rings is 1.